The van der Waals surface area contributed by atoms with Gasteiger partial charge < -0.3 is 10.6 Å². The summed E-state index contributed by atoms with van der Waals surface area (Å²) < 4.78 is 2.26. The van der Waals surface area contributed by atoms with Crippen LogP contribution >= 0.6 is 12.2 Å². The van der Waals surface area contributed by atoms with Gasteiger partial charge in [0.15, 0.2) is 10.6 Å². The molecule has 0 aliphatic heterocycles. The van der Waals surface area contributed by atoms with Crippen molar-refractivity contribution in [3.63, 3.8) is 0 Å². The van der Waals surface area contributed by atoms with E-state index in [1.165, 1.54) is 0 Å². The van der Waals surface area contributed by atoms with Gasteiger partial charge in [-0.05, 0) is 31.6 Å². The minimum Gasteiger partial charge on any atom is -0.355 e. The first-order valence-corrected chi connectivity index (χ1v) is 8.67. The number of aromatic nitrogens is 3. The number of carbonyl (C=O) groups excluding carboxylic acids is 2. The molecule has 0 spiro atoms. The molecular formula is C17H23N5O2S. The molecule has 0 unspecified atom stereocenters. The van der Waals surface area contributed by atoms with E-state index in [1.807, 2.05) is 38.1 Å². The van der Waals surface area contributed by atoms with Crippen molar-refractivity contribution in [2.75, 3.05) is 13.1 Å². The number of nitrogens with zero attached hydrogens (tertiary/aromatic N) is 2. The fourth-order valence-electron chi connectivity index (χ4n) is 2.34. The maximum Gasteiger partial charge on any atom is 0.239 e. The SMILES string of the molecule is CCCNC(=O)CNC(=O)CCn1c(-c2cccc(C)c2)n[nH]c1=S. The number of hydrogen-bond donors (Lipinski definition) is 3. The first-order valence-electron chi connectivity index (χ1n) is 8.27. The van der Waals surface area contributed by atoms with Crippen LogP contribution in [0.25, 0.3) is 11.4 Å². The Hall–Kier alpha value is -2.48. The van der Waals surface area contributed by atoms with Crippen molar-refractivity contribution >= 4 is 24.0 Å². The second-order valence-corrected chi connectivity index (χ2v) is 6.14. The summed E-state index contributed by atoms with van der Waals surface area (Å²) in [4.78, 5) is 23.5. The van der Waals surface area contributed by atoms with Crippen LogP contribution in [-0.4, -0.2) is 39.7 Å². The van der Waals surface area contributed by atoms with Crippen molar-refractivity contribution in [2.45, 2.75) is 33.2 Å². The van der Waals surface area contributed by atoms with Crippen LogP contribution < -0.4 is 10.6 Å². The summed E-state index contributed by atoms with van der Waals surface area (Å²) in [7, 11) is 0. The van der Waals surface area contributed by atoms with Crippen LogP contribution in [0.5, 0.6) is 0 Å². The maximum atomic E-state index is 12.0. The number of nitrogens with one attached hydrogen (secondary N) is 3. The van der Waals surface area contributed by atoms with Gasteiger partial charge in [0.05, 0.1) is 6.54 Å². The molecule has 8 heteroatoms. The first kappa shape index (κ1) is 18.9. The normalized spacial score (nSPS) is 10.5. The molecule has 0 radical (unpaired) electrons. The van der Waals surface area contributed by atoms with Crippen molar-refractivity contribution in [3.8, 4) is 11.4 Å². The van der Waals surface area contributed by atoms with Crippen molar-refractivity contribution < 1.29 is 9.59 Å². The van der Waals surface area contributed by atoms with Crippen LogP contribution in [0.2, 0.25) is 0 Å². The van der Waals surface area contributed by atoms with Gasteiger partial charge in [0.1, 0.15) is 0 Å². The minimum atomic E-state index is -0.204. The van der Waals surface area contributed by atoms with E-state index in [0.717, 1.165) is 17.5 Å². The van der Waals surface area contributed by atoms with Gasteiger partial charge in [-0.15, -0.1) is 0 Å². The van der Waals surface area contributed by atoms with Crippen LogP contribution in [0, 0.1) is 11.7 Å². The van der Waals surface area contributed by atoms with Crippen molar-refractivity contribution in [3.05, 3.63) is 34.6 Å². The molecule has 0 aliphatic rings. The third-order valence-electron chi connectivity index (χ3n) is 3.62. The lowest BCUT2D eigenvalue weighted by Crippen LogP contribution is -2.37. The highest BCUT2D eigenvalue weighted by Gasteiger charge is 2.11. The van der Waals surface area contributed by atoms with Crippen LogP contribution in [0.15, 0.2) is 24.3 Å². The molecule has 0 fully saturated rings. The summed E-state index contributed by atoms with van der Waals surface area (Å²) in [6, 6.07) is 7.92. The lowest BCUT2D eigenvalue weighted by molar-refractivity contribution is -0.126. The molecule has 0 atom stereocenters. The van der Waals surface area contributed by atoms with Crippen LogP contribution in [-0.2, 0) is 16.1 Å². The number of aromatic amines is 1. The van der Waals surface area contributed by atoms with E-state index >= 15 is 0 Å². The summed E-state index contributed by atoms with van der Waals surface area (Å²) in [5, 5.41) is 12.4. The fourth-order valence-corrected chi connectivity index (χ4v) is 2.56. The Morgan fingerprint density at radius 3 is 2.80 bits per heavy atom. The van der Waals surface area contributed by atoms with E-state index in [2.05, 4.69) is 20.8 Å². The second kappa shape index (κ2) is 9.12. The Morgan fingerprint density at radius 1 is 1.28 bits per heavy atom. The molecule has 2 amide bonds. The molecule has 0 saturated carbocycles. The topological polar surface area (TPSA) is 91.8 Å². The first-order chi connectivity index (χ1) is 12.0. The Labute approximate surface area is 151 Å². The number of aryl methyl sites for hydroxylation is 1. The predicted molar refractivity (Wildman–Crippen MR) is 98.5 cm³/mol. The monoisotopic (exact) mass is 361 g/mol. The molecular weight excluding hydrogens is 338 g/mol. The molecule has 0 saturated heterocycles. The van der Waals surface area contributed by atoms with Gasteiger partial charge in [0.25, 0.3) is 0 Å². The largest absolute Gasteiger partial charge is 0.355 e. The predicted octanol–water partition coefficient (Wildman–Crippen LogP) is 1.95. The van der Waals surface area contributed by atoms with E-state index in [-0.39, 0.29) is 24.8 Å². The highest BCUT2D eigenvalue weighted by Crippen LogP contribution is 2.18. The zero-order chi connectivity index (χ0) is 18.2. The lowest BCUT2D eigenvalue weighted by atomic mass is 10.1. The van der Waals surface area contributed by atoms with Gasteiger partial charge in [0, 0.05) is 25.1 Å². The smallest absolute Gasteiger partial charge is 0.239 e. The molecule has 1 aromatic carbocycles. The average molecular weight is 361 g/mol. The molecule has 7 nitrogen and oxygen atoms in total. The highest BCUT2D eigenvalue weighted by atomic mass is 32.1. The Morgan fingerprint density at radius 2 is 2.08 bits per heavy atom. The van der Waals surface area contributed by atoms with Crippen molar-refractivity contribution in [1.82, 2.24) is 25.4 Å². The molecule has 134 valence electrons. The number of rotatable bonds is 8. The van der Waals surface area contributed by atoms with E-state index in [1.54, 1.807) is 4.57 Å². The molecule has 2 aromatic rings. The van der Waals surface area contributed by atoms with Crippen molar-refractivity contribution in [1.29, 1.82) is 0 Å². The van der Waals surface area contributed by atoms with Gasteiger partial charge in [-0.25, -0.2) is 0 Å². The minimum absolute atomic E-state index is 0.0135. The quantitative estimate of drug-likeness (QED) is 0.627. The number of benzene rings is 1. The van der Waals surface area contributed by atoms with Gasteiger partial charge in [-0.2, -0.15) is 5.10 Å². The van der Waals surface area contributed by atoms with Gasteiger partial charge in [-0.1, -0.05) is 30.7 Å². The highest BCUT2D eigenvalue weighted by molar-refractivity contribution is 7.71. The molecule has 1 aromatic heterocycles. The van der Waals surface area contributed by atoms with Crippen LogP contribution in [0.3, 0.4) is 0 Å². The maximum absolute atomic E-state index is 12.0. The number of H-pyrrole nitrogens is 1. The standard InChI is InChI=1S/C17H23N5O2S/c1-3-8-18-15(24)11-19-14(23)7-9-22-16(20-21-17(22)25)13-6-4-5-12(2)10-13/h4-6,10H,3,7-9,11H2,1-2H3,(H,18,24)(H,19,23)(H,21,25). The Balaban J connectivity index is 1.95. The molecule has 2 rings (SSSR count). The lowest BCUT2D eigenvalue weighted by Gasteiger charge is -2.08. The van der Waals surface area contributed by atoms with Gasteiger partial charge in [-0.3, -0.25) is 19.3 Å². The third-order valence-corrected chi connectivity index (χ3v) is 3.93. The Bertz CT molecular complexity index is 796. The molecule has 0 bridgehead atoms. The Kier molecular flexibility index (Phi) is 6.88. The summed E-state index contributed by atoms with van der Waals surface area (Å²) in [5.74, 6) is 0.308. The molecule has 0 aliphatic carbocycles. The summed E-state index contributed by atoms with van der Waals surface area (Å²) in [6.07, 6.45) is 1.08. The summed E-state index contributed by atoms with van der Waals surface area (Å²) >= 11 is 5.26. The number of hydrogen-bond acceptors (Lipinski definition) is 4. The zero-order valence-electron chi connectivity index (χ0n) is 14.5. The summed E-state index contributed by atoms with van der Waals surface area (Å²) in [6.45, 7) is 4.96. The molecule has 1 heterocycles. The van der Waals surface area contributed by atoms with E-state index in [0.29, 0.717) is 23.7 Å². The van der Waals surface area contributed by atoms with Crippen molar-refractivity contribution in [2.24, 2.45) is 0 Å². The molecule has 25 heavy (non-hydrogen) atoms. The molecule has 3 N–H and O–H groups in total. The van der Waals surface area contributed by atoms with Gasteiger partial charge in [0.2, 0.25) is 11.8 Å². The number of carbonyl (C=O) groups is 2. The fraction of sp³-hybridized carbons (Fsp3) is 0.412. The third kappa shape index (κ3) is 5.53. The van der Waals surface area contributed by atoms with Crippen LogP contribution in [0.4, 0.5) is 0 Å². The second-order valence-electron chi connectivity index (χ2n) is 5.75. The van der Waals surface area contributed by atoms with E-state index in [9.17, 15) is 9.59 Å². The zero-order valence-corrected chi connectivity index (χ0v) is 15.3. The van der Waals surface area contributed by atoms with E-state index in [4.69, 9.17) is 12.2 Å². The number of amides is 2. The van der Waals surface area contributed by atoms with Crippen LogP contribution in [0.1, 0.15) is 25.3 Å². The summed E-state index contributed by atoms with van der Waals surface area (Å²) in [5.41, 5.74) is 2.06. The average Bonchev–Trinajstić information content (AvgIpc) is 2.97. The van der Waals surface area contributed by atoms with Gasteiger partial charge >= 0.3 is 0 Å². The van der Waals surface area contributed by atoms with E-state index < -0.39 is 0 Å².